The van der Waals surface area contributed by atoms with Gasteiger partial charge in [-0.2, -0.15) is 0 Å². The highest BCUT2D eigenvalue weighted by atomic mass is 16.9. The first kappa shape index (κ1) is 12.4. The predicted octanol–water partition coefficient (Wildman–Crippen LogP) is 1.64. The minimum atomic E-state index is -1.75. The number of benzene rings is 1. The van der Waals surface area contributed by atoms with E-state index in [1.54, 1.807) is 0 Å². The van der Waals surface area contributed by atoms with Crippen LogP contribution in [0.5, 0.6) is 0 Å². The molecule has 0 heterocycles. The summed E-state index contributed by atoms with van der Waals surface area (Å²) in [5.41, 5.74) is 1.34. The van der Waals surface area contributed by atoms with Crippen molar-refractivity contribution in [3.8, 4) is 0 Å². The van der Waals surface area contributed by atoms with Gasteiger partial charge in [0.15, 0.2) is 0 Å². The molecule has 0 aliphatic heterocycles. The van der Waals surface area contributed by atoms with E-state index in [2.05, 4.69) is 45.4 Å². The third-order valence-electron chi connectivity index (χ3n) is 1.53. The van der Waals surface area contributed by atoms with Crippen LogP contribution in [0.3, 0.4) is 0 Å². The molecule has 0 saturated carbocycles. The van der Waals surface area contributed by atoms with Crippen LogP contribution in [-0.4, -0.2) is 26.2 Å². The van der Waals surface area contributed by atoms with Crippen molar-refractivity contribution >= 4 is 5.69 Å². The summed E-state index contributed by atoms with van der Waals surface area (Å²) in [7, 11) is 6.49. The van der Waals surface area contributed by atoms with Gasteiger partial charge in [0.05, 0.1) is 26.2 Å². The molecular weight excluding hydrogens is 184 g/mol. The van der Waals surface area contributed by atoms with Crippen molar-refractivity contribution in [3.05, 3.63) is 45.7 Å². The minimum Gasteiger partial charge on any atom is -0.356 e. The number of rotatable bonds is 1. The number of quaternary nitrogens is 1. The van der Waals surface area contributed by atoms with E-state index in [4.69, 9.17) is 15.3 Å². The number of para-hydroxylation sites is 1. The fraction of sp³-hybridized carbons (Fsp3) is 0.333. The molecule has 0 unspecified atom stereocenters. The first-order chi connectivity index (χ1) is 6.34. The maximum Gasteiger partial charge on any atom is 0.132 e. The first-order valence-electron chi connectivity index (χ1n) is 4.02. The zero-order valence-electron chi connectivity index (χ0n) is 8.51. The summed E-state index contributed by atoms with van der Waals surface area (Å²) in [5, 5.41) is 14.8. The van der Waals surface area contributed by atoms with Crippen molar-refractivity contribution in [2.75, 3.05) is 21.1 Å². The van der Waals surface area contributed by atoms with Gasteiger partial charge in [-0.1, -0.05) is 18.2 Å². The molecule has 0 atom stereocenters. The molecule has 1 aromatic carbocycles. The molecule has 5 heteroatoms. The molecule has 0 fully saturated rings. The highest BCUT2D eigenvalue weighted by molar-refractivity contribution is 5.40. The Bertz CT molecular complexity index is 276. The average Bonchev–Trinajstić information content (AvgIpc) is 2.03. The Morgan fingerprint density at radius 2 is 1.43 bits per heavy atom. The SMILES string of the molecule is C[N+](C)(C)c1ccccc1.O=[N+]([O-])[O-]. The molecule has 0 aromatic heterocycles. The largest absolute Gasteiger partial charge is 0.356 e. The summed E-state index contributed by atoms with van der Waals surface area (Å²) >= 11 is 0. The van der Waals surface area contributed by atoms with Crippen LogP contribution >= 0.6 is 0 Å². The van der Waals surface area contributed by atoms with Gasteiger partial charge in [0.1, 0.15) is 5.69 Å². The first-order valence-corrected chi connectivity index (χ1v) is 4.02. The Kier molecular flexibility index (Phi) is 4.58. The molecule has 1 rings (SSSR count). The van der Waals surface area contributed by atoms with Gasteiger partial charge in [-0.15, -0.1) is 0 Å². The lowest BCUT2D eigenvalue weighted by Gasteiger charge is -2.22. The molecule has 0 amide bonds. The molecule has 0 radical (unpaired) electrons. The van der Waals surface area contributed by atoms with Gasteiger partial charge in [0.25, 0.3) is 0 Å². The molecule has 0 aliphatic rings. The van der Waals surface area contributed by atoms with Crippen molar-refractivity contribution in [2.24, 2.45) is 0 Å². The van der Waals surface area contributed by atoms with Gasteiger partial charge in [-0.25, -0.2) is 0 Å². The van der Waals surface area contributed by atoms with E-state index >= 15 is 0 Å². The lowest BCUT2D eigenvalue weighted by Crippen LogP contribution is -2.34. The smallest absolute Gasteiger partial charge is 0.132 e. The summed E-state index contributed by atoms with van der Waals surface area (Å²) in [5.74, 6) is 0. The Labute approximate surface area is 82.9 Å². The normalized spacial score (nSPS) is 9.93. The van der Waals surface area contributed by atoms with Crippen LogP contribution in [0, 0.1) is 15.3 Å². The van der Waals surface area contributed by atoms with E-state index in [1.807, 2.05) is 6.07 Å². The van der Waals surface area contributed by atoms with Crippen molar-refractivity contribution in [1.82, 2.24) is 4.48 Å². The average molecular weight is 198 g/mol. The maximum absolute atomic E-state index is 8.25. The van der Waals surface area contributed by atoms with E-state index in [0.717, 1.165) is 4.48 Å². The summed E-state index contributed by atoms with van der Waals surface area (Å²) in [4.78, 5) is 8.25. The minimum absolute atomic E-state index is 0.890. The second-order valence-electron chi connectivity index (χ2n) is 3.57. The molecular formula is C9H14N2O3. The summed E-state index contributed by atoms with van der Waals surface area (Å²) < 4.78 is 0.890. The van der Waals surface area contributed by atoms with E-state index in [-0.39, 0.29) is 0 Å². The second kappa shape index (κ2) is 5.18. The molecule has 0 saturated heterocycles. The Hall–Kier alpha value is -1.62. The fourth-order valence-electron chi connectivity index (χ4n) is 0.875. The molecule has 14 heavy (non-hydrogen) atoms. The predicted molar refractivity (Wildman–Crippen MR) is 56.4 cm³/mol. The third-order valence-corrected chi connectivity index (χ3v) is 1.53. The molecule has 78 valence electrons. The zero-order chi connectivity index (χ0) is 11.2. The topological polar surface area (TPSA) is 66.2 Å². The number of nitrogens with zero attached hydrogens (tertiary/aromatic N) is 2. The molecule has 0 spiro atoms. The van der Waals surface area contributed by atoms with Crippen LogP contribution in [0.2, 0.25) is 0 Å². The van der Waals surface area contributed by atoms with Crippen LogP contribution in [0.25, 0.3) is 0 Å². The van der Waals surface area contributed by atoms with Crippen molar-refractivity contribution in [2.45, 2.75) is 0 Å². The van der Waals surface area contributed by atoms with Gasteiger partial charge in [-0.05, 0) is 12.1 Å². The quantitative estimate of drug-likeness (QED) is 0.391. The zero-order valence-corrected chi connectivity index (χ0v) is 8.51. The van der Waals surface area contributed by atoms with Gasteiger partial charge in [0.2, 0.25) is 0 Å². The Balaban J connectivity index is 0.000000364. The molecule has 0 bridgehead atoms. The molecule has 5 nitrogen and oxygen atoms in total. The van der Waals surface area contributed by atoms with Gasteiger partial charge in [0, 0.05) is 0 Å². The van der Waals surface area contributed by atoms with Crippen LogP contribution < -0.4 is 4.48 Å². The molecule has 1 aromatic rings. The Morgan fingerprint density at radius 1 is 1.07 bits per heavy atom. The summed E-state index contributed by atoms with van der Waals surface area (Å²) in [6.45, 7) is 0. The van der Waals surface area contributed by atoms with Crippen LogP contribution in [0.15, 0.2) is 30.3 Å². The highest BCUT2D eigenvalue weighted by Crippen LogP contribution is 2.14. The molecule has 0 aliphatic carbocycles. The lowest BCUT2D eigenvalue weighted by molar-refractivity contribution is -0.402. The summed E-state index contributed by atoms with van der Waals surface area (Å²) in [6.07, 6.45) is 0. The van der Waals surface area contributed by atoms with Gasteiger partial charge >= 0.3 is 0 Å². The van der Waals surface area contributed by atoms with E-state index in [1.165, 1.54) is 5.69 Å². The van der Waals surface area contributed by atoms with Crippen LogP contribution in [-0.2, 0) is 0 Å². The maximum atomic E-state index is 8.25. The van der Waals surface area contributed by atoms with Crippen molar-refractivity contribution in [1.29, 1.82) is 0 Å². The van der Waals surface area contributed by atoms with E-state index < -0.39 is 5.09 Å². The standard InChI is InChI=1S/C9H14N.NO3/c1-10(2,3)9-7-5-4-6-8-9;2-1(3)4/h4-8H,1-3H3;/q+1;-1. The summed E-state index contributed by atoms with van der Waals surface area (Å²) in [6, 6.07) is 10.5. The molecule has 0 N–H and O–H groups in total. The van der Waals surface area contributed by atoms with Crippen molar-refractivity contribution in [3.63, 3.8) is 0 Å². The monoisotopic (exact) mass is 198 g/mol. The van der Waals surface area contributed by atoms with E-state index in [0.29, 0.717) is 0 Å². The van der Waals surface area contributed by atoms with Crippen LogP contribution in [0.1, 0.15) is 0 Å². The number of hydrogen-bond donors (Lipinski definition) is 0. The van der Waals surface area contributed by atoms with Gasteiger partial charge < -0.3 is 15.3 Å². The fourth-order valence-corrected chi connectivity index (χ4v) is 0.875. The highest BCUT2D eigenvalue weighted by Gasteiger charge is 2.08. The third kappa shape index (κ3) is 5.96. The Morgan fingerprint density at radius 3 is 1.64 bits per heavy atom. The van der Waals surface area contributed by atoms with Gasteiger partial charge in [-0.3, -0.25) is 4.48 Å². The van der Waals surface area contributed by atoms with Crippen molar-refractivity contribution < 1.29 is 5.09 Å². The lowest BCUT2D eigenvalue weighted by atomic mass is 10.3. The number of hydrogen-bond acceptors (Lipinski definition) is 3. The second-order valence-corrected chi connectivity index (χ2v) is 3.57. The van der Waals surface area contributed by atoms with E-state index in [9.17, 15) is 0 Å². The van der Waals surface area contributed by atoms with Crippen LogP contribution in [0.4, 0.5) is 5.69 Å².